The molecule has 18 heavy (non-hydrogen) atoms. The van der Waals surface area contributed by atoms with Crippen molar-refractivity contribution in [3.63, 3.8) is 0 Å². The lowest BCUT2D eigenvalue weighted by atomic mass is 10.2. The Morgan fingerprint density at radius 1 is 1.56 bits per heavy atom. The number of nitrogens with one attached hydrogen (secondary N) is 1. The largest absolute Gasteiger partial charge is 0.444 e. The average Bonchev–Trinajstić information content (AvgIpc) is 2.71. The van der Waals surface area contributed by atoms with Gasteiger partial charge in [-0.2, -0.15) is 0 Å². The van der Waals surface area contributed by atoms with Gasteiger partial charge in [-0.1, -0.05) is 0 Å². The van der Waals surface area contributed by atoms with Gasteiger partial charge in [0.1, 0.15) is 5.60 Å². The second-order valence-corrected chi connectivity index (χ2v) is 5.96. The number of hydrogen-bond donors (Lipinski definition) is 2. The average molecular weight is 258 g/mol. The van der Waals surface area contributed by atoms with Crippen molar-refractivity contribution in [3.05, 3.63) is 0 Å². The van der Waals surface area contributed by atoms with E-state index in [4.69, 9.17) is 9.84 Å². The lowest BCUT2D eigenvalue weighted by Crippen LogP contribution is -2.46. The predicted octanol–water partition coefficient (Wildman–Crippen LogP) is 1.36. The van der Waals surface area contributed by atoms with Crippen molar-refractivity contribution in [2.24, 2.45) is 0 Å². The van der Waals surface area contributed by atoms with E-state index in [0.717, 1.165) is 19.4 Å². The molecule has 2 unspecified atom stereocenters. The minimum absolute atomic E-state index is 0.0612. The normalized spacial score (nSPS) is 22.1. The third-order valence-corrected chi connectivity index (χ3v) is 2.98. The standard InChI is InChI=1S/C13H26N2O3/c1-10(9-16)14-8-11-6-5-7-15(11)12(17)18-13(2,3)4/h10-11,14,16H,5-9H2,1-4H3. The zero-order valence-corrected chi connectivity index (χ0v) is 11.9. The Morgan fingerprint density at radius 3 is 2.78 bits per heavy atom. The van der Waals surface area contributed by atoms with Crippen molar-refractivity contribution < 1.29 is 14.6 Å². The smallest absolute Gasteiger partial charge is 0.410 e. The van der Waals surface area contributed by atoms with Crippen LogP contribution < -0.4 is 5.32 Å². The third kappa shape index (κ3) is 4.82. The van der Waals surface area contributed by atoms with Gasteiger partial charge in [0.25, 0.3) is 0 Å². The van der Waals surface area contributed by atoms with E-state index in [9.17, 15) is 4.79 Å². The van der Waals surface area contributed by atoms with Gasteiger partial charge in [-0.25, -0.2) is 4.79 Å². The second kappa shape index (κ2) is 6.38. The molecule has 1 rings (SSSR count). The van der Waals surface area contributed by atoms with Crippen LogP contribution in [0.4, 0.5) is 4.79 Å². The van der Waals surface area contributed by atoms with Crippen molar-refractivity contribution in [1.29, 1.82) is 0 Å². The predicted molar refractivity (Wildman–Crippen MR) is 70.5 cm³/mol. The Morgan fingerprint density at radius 2 is 2.22 bits per heavy atom. The molecule has 1 fully saturated rings. The summed E-state index contributed by atoms with van der Waals surface area (Å²) in [5.41, 5.74) is -0.448. The summed E-state index contributed by atoms with van der Waals surface area (Å²) in [5, 5.41) is 12.2. The van der Waals surface area contributed by atoms with Gasteiger partial charge in [-0.3, -0.25) is 0 Å². The summed E-state index contributed by atoms with van der Waals surface area (Å²) in [6.07, 6.45) is 1.77. The summed E-state index contributed by atoms with van der Waals surface area (Å²) in [4.78, 5) is 13.8. The van der Waals surface area contributed by atoms with E-state index < -0.39 is 5.60 Å². The SMILES string of the molecule is CC(CO)NCC1CCCN1C(=O)OC(C)(C)C. The van der Waals surface area contributed by atoms with Crippen molar-refractivity contribution >= 4 is 6.09 Å². The Labute approximate surface area is 109 Å². The van der Waals surface area contributed by atoms with Gasteiger partial charge in [0, 0.05) is 25.2 Å². The molecule has 1 aliphatic heterocycles. The van der Waals surface area contributed by atoms with Crippen LogP contribution in [0.25, 0.3) is 0 Å². The zero-order chi connectivity index (χ0) is 13.8. The molecular weight excluding hydrogens is 232 g/mol. The summed E-state index contributed by atoms with van der Waals surface area (Å²) in [6, 6.07) is 0.236. The molecule has 0 saturated carbocycles. The molecule has 0 aromatic rings. The van der Waals surface area contributed by atoms with Crippen LogP contribution in [0, 0.1) is 0 Å². The molecule has 5 nitrogen and oxygen atoms in total. The maximum atomic E-state index is 12.0. The molecule has 0 aromatic heterocycles. The quantitative estimate of drug-likeness (QED) is 0.799. The monoisotopic (exact) mass is 258 g/mol. The van der Waals surface area contributed by atoms with Crippen molar-refractivity contribution in [2.75, 3.05) is 19.7 Å². The first kappa shape index (κ1) is 15.2. The molecular formula is C13H26N2O3. The molecule has 0 radical (unpaired) electrons. The lowest BCUT2D eigenvalue weighted by molar-refractivity contribution is 0.0224. The first-order chi connectivity index (χ1) is 8.33. The summed E-state index contributed by atoms with van der Waals surface area (Å²) in [7, 11) is 0. The van der Waals surface area contributed by atoms with Crippen LogP contribution in [-0.4, -0.2) is 53.5 Å². The Bertz CT molecular complexity index is 276. The number of aliphatic hydroxyl groups excluding tert-OH is 1. The number of carbonyl (C=O) groups is 1. The minimum Gasteiger partial charge on any atom is -0.444 e. The highest BCUT2D eigenvalue weighted by atomic mass is 16.6. The summed E-state index contributed by atoms with van der Waals surface area (Å²) >= 11 is 0. The van der Waals surface area contributed by atoms with Gasteiger partial charge in [0.05, 0.1) is 6.61 Å². The van der Waals surface area contributed by atoms with Gasteiger partial charge >= 0.3 is 6.09 Å². The van der Waals surface area contributed by atoms with Crippen LogP contribution in [0.3, 0.4) is 0 Å². The highest BCUT2D eigenvalue weighted by Gasteiger charge is 2.31. The lowest BCUT2D eigenvalue weighted by Gasteiger charge is -2.29. The highest BCUT2D eigenvalue weighted by molar-refractivity contribution is 5.69. The zero-order valence-electron chi connectivity index (χ0n) is 11.9. The number of rotatable bonds is 4. The Hall–Kier alpha value is -0.810. The molecule has 1 amide bonds. The molecule has 106 valence electrons. The molecule has 0 aromatic carbocycles. The van der Waals surface area contributed by atoms with Crippen LogP contribution in [-0.2, 0) is 4.74 Å². The highest BCUT2D eigenvalue weighted by Crippen LogP contribution is 2.20. The van der Waals surface area contributed by atoms with Crippen molar-refractivity contribution in [1.82, 2.24) is 10.2 Å². The fraction of sp³-hybridized carbons (Fsp3) is 0.923. The molecule has 0 aliphatic carbocycles. The first-order valence-corrected chi connectivity index (χ1v) is 6.67. The van der Waals surface area contributed by atoms with Crippen LogP contribution in [0.1, 0.15) is 40.5 Å². The van der Waals surface area contributed by atoms with Crippen molar-refractivity contribution in [3.8, 4) is 0 Å². The van der Waals surface area contributed by atoms with E-state index in [1.165, 1.54) is 0 Å². The van der Waals surface area contributed by atoms with Crippen LogP contribution in [0.2, 0.25) is 0 Å². The molecule has 1 heterocycles. The maximum absolute atomic E-state index is 12.0. The summed E-state index contributed by atoms with van der Waals surface area (Å²) < 4.78 is 5.39. The molecule has 5 heteroatoms. The molecule has 2 N–H and O–H groups in total. The number of carbonyl (C=O) groups excluding carboxylic acids is 1. The number of ether oxygens (including phenoxy) is 1. The van der Waals surface area contributed by atoms with E-state index in [1.807, 2.05) is 27.7 Å². The van der Waals surface area contributed by atoms with Crippen molar-refractivity contribution in [2.45, 2.75) is 58.2 Å². The van der Waals surface area contributed by atoms with E-state index in [0.29, 0.717) is 6.54 Å². The van der Waals surface area contributed by atoms with E-state index >= 15 is 0 Å². The first-order valence-electron chi connectivity index (χ1n) is 6.67. The maximum Gasteiger partial charge on any atom is 0.410 e. The molecule has 2 atom stereocenters. The minimum atomic E-state index is -0.448. The van der Waals surface area contributed by atoms with Gasteiger partial charge in [-0.05, 0) is 40.5 Å². The van der Waals surface area contributed by atoms with Gasteiger partial charge < -0.3 is 20.1 Å². The fourth-order valence-electron chi connectivity index (χ4n) is 2.01. The number of aliphatic hydroxyl groups is 1. The Kier molecular flexibility index (Phi) is 5.41. The van der Waals surface area contributed by atoms with Crippen LogP contribution in [0.5, 0.6) is 0 Å². The number of likely N-dealkylation sites (tertiary alicyclic amines) is 1. The molecule has 1 saturated heterocycles. The number of hydrogen-bond acceptors (Lipinski definition) is 4. The van der Waals surface area contributed by atoms with E-state index in [2.05, 4.69) is 5.32 Å². The van der Waals surface area contributed by atoms with Crippen LogP contribution in [0.15, 0.2) is 0 Å². The summed E-state index contributed by atoms with van der Waals surface area (Å²) in [5.74, 6) is 0. The van der Waals surface area contributed by atoms with E-state index in [1.54, 1.807) is 4.90 Å². The number of amides is 1. The Balaban J connectivity index is 2.46. The summed E-state index contributed by atoms with van der Waals surface area (Å²) in [6.45, 7) is 9.13. The van der Waals surface area contributed by atoms with Gasteiger partial charge in [0.15, 0.2) is 0 Å². The molecule has 0 spiro atoms. The van der Waals surface area contributed by atoms with E-state index in [-0.39, 0.29) is 24.8 Å². The fourth-order valence-corrected chi connectivity index (χ4v) is 2.01. The number of nitrogens with zero attached hydrogens (tertiary/aromatic N) is 1. The molecule has 1 aliphatic rings. The van der Waals surface area contributed by atoms with Gasteiger partial charge in [0.2, 0.25) is 0 Å². The second-order valence-electron chi connectivity index (χ2n) is 5.96. The van der Waals surface area contributed by atoms with Gasteiger partial charge in [-0.15, -0.1) is 0 Å². The third-order valence-electron chi connectivity index (χ3n) is 2.98. The van der Waals surface area contributed by atoms with Crippen LogP contribution >= 0.6 is 0 Å². The molecule has 0 bridgehead atoms. The topological polar surface area (TPSA) is 61.8 Å².